The van der Waals surface area contributed by atoms with Crippen LogP contribution in [0.3, 0.4) is 0 Å². The Bertz CT molecular complexity index is 451. The van der Waals surface area contributed by atoms with Crippen molar-refractivity contribution in [3.63, 3.8) is 0 Å². The number of benzene rings is 2. The molecule has 0 aliphatic carbocycles. The molecule has 15 heavy (non-hydrogen) atoms. The Kier molecular flexibility index (Phi) is 3.02. The summed E-state index contributed by atoms with van der Waals surface area (Å²) in [5, 5.41) is 0.173. The predicted octanol–water partition coefficient (Wildman–Crippen LogP) is 4.07. The van der Waals surface area contributed by atoms with Crippen LogP contribution in [0.2, 0.25) is 5.02 Å². The lowest BCUT2D eigenvalue weighted by atomic mass is 10.1. The summed E-state index contributed by atoms with van der Waals surface area (Å²) < 4.78 is 13.1. The first-order valence-electron chi connectivity index (χ1n) is 4.73. The van der Waals surface area contributed by atoms with E-state index in [2.05, 4.69) is 0 Å². The van der Waals surface area contributed by atoms with Crippen LogP contribution in [0.25, 0.3) is 0 Å². The average Bonchev–Trinajstić information content (AvgIpc) is 2.25. The molecule has 76 valence electrons. The molecule has 0 bridgehead atoms. The maximum absolute atomic E-state index is 13.1. The van der Waals surface area contributed by atoms with Crippen molar-refractivity contribution in [2.45, 2.75) is 6.42 Å². The van der Waals surface area contributed by atoms with E-state index in [1.54, 1.807) is 6.07 Å². The van der Waals surface area contributed by atoms with Crippen LogP contribution in [0, 0.1) is 5.82 Å². The highest BCUT2D eigenvalue weighted by Gasteiger charge is 2.01. The molecule has 0 saturated heterocycles. The van der Waals surface area contributed by atoms with Crippen molar-refractivity contribution in [1.82, 2.24) is 0 Å². The van der Waals surface area contributed by atoms with E-state index in [-0.39, 0.29) is 10.8 Å². The third kappa shape index (κ3) is 2.57. The summed E-state index contributed by atoms with van der Waals surface area (Å²) >= 11 is 5.61. The fourth-order valence-electron chi connectivity index (χ4n) is 1.48. The Morgan fingerprint density at radius 2 is 1.67 bits per heavy atom. The average molecular weight is 221 g/mol. The van der Waals surface area contributed by atoms with Gasteiger partial charge in [0.05, 0.1) is 5.02 Å². The summed E-state index contributed by atoms with van der Waals surface area (Å²) in [4.78, 5) is 0. The first-order valence-corrected chi connectivity index (χ1v) is 5.11. The first kappa shape index (κ1) is 10.2. The van der Waals surface area contributed by atoms with Crippen molar-refractivity contribution in [1.29, 1.82) is 0 Å². The van der Waals surface area contributed by atoms with Gasteiger partial charge in [0.15, 0.2) is 0 Å². The van der Waals surface area contributed by atoms with Crippen LogP contribution in [0.5, 0.6) is 0 Å². The van der Waals surface area contributed by atoms with Gasteiger partial charge in [0, 0.05) is 0 Å². The Morgan fingerprint density at radius 3 is 2.33 bits per heavy atom. The summed E-state index contributed by atoms with van der Waals surface area (Å²) in [6.07, 6.45) is 0.731. The molecule has 0 amide bonds. The minimum absolute atomic E-state index is 0.173. The van der Waals surface area contributed by atoms with Gasteiger partial charge in [0.25, 0.3) is 0 Å². The smallest absolute Gasteiger partial charge is 0.142 e. The number of rotatable bonds is 2. The predicted molar refractivity (Wildman–Crippen MR) is 60.7 cm³/mol. The lowest BCUT2D eigenvalue weighted by Crippen LogP contribution is -1.89. The van der Waals surface area contributed by atoms with Crippen molar-refractivity contribution < 1.29 is 4.39 Å². The number of halogens is 2. The highest BCUT2D eigenvalue weighted by Crippen LogP contribution is 2.17. The van der Waals surface area contributed by atoms with Crippen LogP contribution >= 0.6 is 11.6 Å². The highest BCUT2D eigenvalue weighted by atomic mass is 35.5. The molecule has 0 N–H and O–H groups in total. The second-order valence-corrected chi connectivity index (χ2v) is 3.82. The minimum Gasteiger partial charge on any atom is -0.205 e. The third-order valence-corrected chi connectivity index (χ3v) is 2.54. The quantitative estimate of drug-likeness (QED) is 0.716. The van der Waals surface area contributed by atoms with Gasteiger partial charge in [0.2, 0.25) is 0 Å². The van der Waals surface area contributed by atoms with Gasteiger partial charge in [-0.2, -0.15) is 0 Å². The highest BCUT2D eigenvalue weighted by molar-refractivity contribution is 6.30. The van der Waals surface area contributed by atoms with Gasteiger partial charge in [-0.3, -0.25) is 0 Å². The zero-order chi connectivity index (χ0) is 10.7. The molecule has 2 aromatic carbocycles. The molecule has 0 saturated carbocycles. The van der Waals surface area contributed by atoms with Crippen molar-refractivity contribution in [2.75, 3.05) is 0 Å². The van der Waals surface area contributed by atoms with E-state index in [0.717, 1.165) is 12.0 Å². The fraction of sp³-hybridized carbons (Fsp3) is 0.0769. The fourth-order valence-corrected chi connectivity index (χ4v) is 1.60. The molecule has 0 aliphatic rings. The standard InChI is InChI=1S/C13H10ClF/c14-12-7-6-11(9-13(12)15)8-10-4-2-1-3-5-10/h1-7,9H,8H2. The molecular formula is C13H10ClF. The maximum Gasteiger partial charge on any atom is 0.142 e. The van der Waals surface area contributed by atoms with Crippen LogP contribution < -0.4 is 0 Å². The van der Waals surface area contributed by atoms with Crippen molar-refractivity contribution in [3.05, 3.63) is 70.5 Å². The molecule has 2 rings (SSSR count). The van der Waals surface area contributed by atoms with Gasteiger partial charge in [-0.05, 0) is 29.7 Å². The van der Waals surface area contributed by atoms with E-state index in [4.69, 9.17) is 11.6 Å². The lowest BCUT2D eigenvalue weighted by molar-refractivity contribution is 0.626. The Hall–Kier alpha value is -1.34. The summed E-state index contributed by atoms with van der Waals surface area (Å²) in [5.74, 6) is -0.356. The zero-order valence-electron chi connectivity index (χ0n) is 8.08. The van der Waals surface area contributed by atoms with Crippen LogP contribution in [-0.4, -0.2) is 0 Å². The van der Waals surface area contributed by atoms with Crippen LogP contribution in [0.1, 0.15) is 11.1 Å². The van der Waals surface area contributed by atoms with Gasteiger partial charge in [0.1, 0.15) is 5.82 Å². The zero-order valence-corrected chi connectivity index (χ0v) is 8.84. The molecule has 2 heteroatoms. The van der Waals surface area contributed by atoms with Crippen LogP contribution in [-0.2, 0) is 6.42 Å². The van der Waals surface area contributed by atoms with Crippen molar-refractivity contribution in [2.24, 2.45) is 0 Å². The molecule has 0 unspecified atom stereocenters. The summed E-state index contributed by atoms with van der Waals surface area (Å²) in [6, 6.07) is 14.9. The molecule has 0 heterocycles. The third-order valence-electron chi connectivity index (χ3n) is 2.24. The second-order valence-electron chi connectivity index (χ2n) is 3.41. The van der Waals surface area contributed by atoms with Crippen molar-refractivity contribution >= 4 is 11.6 Å². The van der Waals surface area contributed by atoms with E-state index in [0.29, 0.717) is 0 Å². The van der Waals surface area contributed by atoms with Gasteiger partial charge in [-0.1, -0.05) is 48.0 Å². The Labute approximate surface area is 93.3 Å². The monoisotopic (exact) mass is 220 g/mol. The van der Waals surface area contributed by atoms with Gasteiger partial charge in [-0.15, -0.1) is 0 Å². The molecule has 0 aromatic heterocycles. The Balaban J connectivity index is 2.22. The van der Waals surface area contributed by atoms with Crippen LogP contribution in [0.4, 0.5) is 4.39 Å². The van der Waals surface area contributed by atoms with Gasteiger partial charge < -0.3 is 0 Å². The molecule has 0 aliphatic heterocycles. The summed E-state index contributed by atoms with van der Waals surface area (Å²) in [5.41, 5.74) is 2.10. The first-order chi connectivity index (χ1) is 7.25. The maximum atomic E-state index is 13.1. The molecule has 0 atom stereocenters. The van der Waals surface area contributed by atoms with E-state index >= 15 is 0 Å². The minimum atomic E-state index is -0.356. The number of hydrogen-bond acceptors (Lipinski definition) is 0. The molecule has 2 aromatic rings. The lowest BCUT2D eigenvalue weighted by Gasteiger charge is -2.02. The molecule has 0 nitrogen and oxygen atoms in total. The van der Waals surface area contributed by atoms with Gasteiger partial charge >= 0.3 is 0 Å². The van der Waals surface area contributed by atoms with Crippen LogP contribution in [0.15, 0.2) is 48.5 Å². The molecular weight excluding hydrogens is 211 g/mol. The van der Waals surface area contributed by atoms with E-state index in [9.17, 15) is 4.39 Å². The molecule has 0 spiro atoms. The molecule has 0 radical (unpaired) electrons. The van der Waals surface area contributed by atoms with E-state index in [1.807, 2.05) is 36.4 Å². The Morgan fingerprint density at radius 1 is 0.933 bits per heavy atom. The molecule has 0 fully saturated rings. The topological polar surface area (TPSA) is 0 Å². The van der Waals surface area contributed by atoms with Gasteiger partial charge in [-0.25, -0.2) is 4.39 Å². The summed E-state index contributed by atoms with van der Waals surface area (Å²) in [6.45, 7) is 0. The normalized spacial score (nSPS) is 10.3. The largest absolute Gasteiger partial charge is 0.205 e. The SMILES string of the molecule is Fc1cc(Cc2ccccc2)ccc1Cl. The number of hydrogen-bond donors (Lipinski definition) is 0. The second kappa shape index (κ2) is 4.45. The van der Waals surface area contributed by atoms with Crippen molar-refractivity contribution in [3.8, 4) is 0 Å². The van der Waals surface area contributed by atoms with E-state index < -0.39 is 0 Å². The van der Waals surface area contributed by atoms with E-state index in [1.165, 1.54) is 11.6 Å². The summed E-state index contributed by atoms with van der Waals surface area (Å²) in [7, 11) is 0.